The number of halogens is 1. The number of alkyl halides is 1. The third-order valence-electron chi connectivity index (χ3n) is 5.15. The number of sulfonamides is 1. The Morgan fingerprint density at radius 1 is 1.21 bits per heavy atom. The molecule has 0 amide bonds. The molecule has 1 heterocycles. The predicted octanol–water partition coefficient (Wildman–Crippen LogP) is 1.08. The molecule has 1 fully saturated rings. The molecular formula is C19H27BrN4O7S2. The molecule has 1 aliphatic heterocycles. The Hall–Kier alpha value is -1.76. The average Bonchev–Trinajstić information content (AvgIpc) is 2.76. The summed E-state index contributed by atoms with van der Waals surface area (Å²) in [6.07, 6.45) is 6.53. The second-order valence-electron chi connectivity index (χ2n) is 7.28. The fourth-order valence-electron chi connectivity index (χ4n) is 3.49. The summed E-state index contributed by atoms with van der Waals surface area (Å²) in [6.45, 7) is 4.32. The van der Waals surface area contributed by atoms with Crippen molar-refractivity contribution in [2.75, 3.05) is 68.9 Å². The highest BCUT2D eigenvalue weighted by Gasteiger charge is 2.34. The number of hydrogen-bond acceptors (Lipinski definition) is 9. The maximum atomic E-state index is 13.6. The van der Waals surface area contributed by atoms with Gasteiger partial charge in [0.2, 0.25) is 10.0 Å². The van der Waals surface area contributed by atoms with Crippen molar-refractivity contribution >= 4 is 47.4 Å². The smallest absolute Gasteiger partial charge is 0.272 e. The van der Waals surface area contributed by atoms with Gasteiger partial charge in [-0.25, -0.2) is 8.42 Å². The van der Waals surface area contributed by atoms with Crippen molar-refractivity contribution in [2.24, 2.45) is 0 Å². The monoisotopic (exact) mass is 566 g/mol. The number of anilines is 1. The fourth-order valence-corrected chi connectivity index (χ4v) is 5.97. The molecule has 1 aliphatic rings. The molecule has 0 N–H and O–H groups in total. The molecule has 1 aromatic carbocycles. The number of nitro groups is 1. The molecule has 14 heteroatoms. The van der Waals surface area contributed by atoms with Gasteiger partial charge in [0.1, 0.15) is 4.90 Å². The van der Waals surface area contributed by atoms with E-state index in [9.17, 15) is 26.9 Å². The van der Waals surface area contributed by atoms with E-state index < -0.39 is 30.8 Å². The first kappa shape index (κ1) is 27.5. The zero-order valence-corrected chi connectivity index (χ0v) is 21.7. The van der Waals surface area contributed by atoms with E-state index in [0.717, 1.165) is 24.9 Å². The van der Waals surface area contributed by atoms with E-state index in [1.54, 1.807) is 4.90 Å². The fraction of sp³-hybridized carbons (Fsp3) is 0.579. The second-order valence-corrected chi connectivity index (χ2v) is 11.6. The highest BCUT2D eigenvalue weighted by molar-refractivity contribution is 9.09. The van der Waals surface area contributed by atoms with Crippen molar-refractivity contribution in [1.82, 2.24) is 9.21 Å². The van der Waals surface area contributed by atoms with Gasteiger partial charge in [-0.1, -0.05) is 28.8 Å². The summed E-state index contributed by atoms with van der Waals surface area (Å²) < 4.78 is 56.1. The van der Waals surface area contributed by atoms with Crippen LogP contribution in [0.2, 0.25) is 0 Å². The van der Waals surface area contributed by atoms with E-state index in [-0.39, 0.29) is 48.9 Å². The average molecular weight is 567 g/mol. The van der Waals surface area contributed by atoms with Gasteiger partial charge in [-0.3, -0.25) is 14.3 Å². The summed E-state index contributed by atoms with van der Waals surface area (Å²) >= 11 is 3.30. The first-order valence-corrected chi connectivity index (χ1v) is 14.5. The van der Waals surface area contributed by atoms with Crippen LogP contribution in [-0.2, 0) is 24.3 Å². The van der Waals surface area contributed by atoms with Crippen molar-refractivity contribution in [2.45, 2.75) is 11.8 Å². The summed E-state index contributed by atoms with van der Waals surface area (Å²) in [5, 5.41) is 11.9. The van der Waals surface area contributed by atoms with Gasteiger partial charge >= 0.3 is 0 Å². The van der Waals surface area contributed by atoms with Gasteiger partial charge in [0.05, 0.1) is 29.0 Å². The lowest BCUT2D eigenvalue weighted by Crippen LogP contribution is -2.48. The van der Waals surface area contributed by atoms with Crippen molar-refractivity contribution in [1.29, 1.82) is 0 Å². The Morgan fingerprint density at radius 2 is 1.85 bits per heavy atom. The summed E-state index contributed by atoms with van der Waals surface area (Å²) in [4.78, 5) is 14.2. The van der Waals surface area contributed by atoms with Crippen LogP contribution in [-0.4, -0.2) is 95.0 Å². The van der Waals surface area contributed by atoms with Crippen LogP contribution in [0.5, 0.6) is 0 Å². The van der Waals surface area contributed by atoms with Gasteiger partial charge in [-0.05, 0) is 6.54 Å². The zero-order chi connectivity index (χ0) is 24.8. The third-order valence-corrected chi connectivity index (χ3v) is 8.01. The molecule has 0 unspecified atom stereocenters. The van der Waals surface area contributed by atoms with Crippen molar-refractivity contribution in [3.8, 4) is 12.3 Å². The van der Waals surface area contributed by atoms with Gasteiger partial charge < -0.3 is 9.80 Å². The Kier molecular flexibility index (Phi) is 9.65. The number of benzene rings is 1. The summed E-state index contributed by atoms with van der Waals surface area (Å²) in [5.74, 6) is 2.36. The van der Waals surface area contributed by atoms with Gasteiger partial charge in [0.15, 0.2) is 0 Å². The molecule has 0 aliphatic carbocycles. The largest absolute Gasteiger partial charge is 0.366 e. The first-order chi connectivity index (χ1) is 15.4. The molecule has 0 radical (unpaired) electrons. The number of piperazine rings is 1. The Balaban J connectivity index is 2.60. The normalized spacial score (nSPS) is 15.8. The highest BCUT2D eigenvalue weighted by atomic mass is 79.9. The maximum absolute atomic E-state index is 13.6. The third kappa shape index (κ3) is 7.11. The second kappa shape index (κ2) is 11.6. The molecule has 0 aromatic heterocycles. The number of nitro benzene ring substituents is 1. The standard InChI is InChI=1S/C19H27BrN4O7S2/c1-4-16-14-17(24(25)26)15-18(33(29,30)23-10-8-21(5-2)9-11-23)19(16)22(7-6-20)12-13-31-32(3,27)28/h1,14-15H,5-13H2,2-3H3. The van der Waals surface area contributed by atoms with Gasteiger partial charge in [-0.2, -0.15) is 12.7 Å². The molecular weight excluding hydrogens is 540 g/mol. The lowest BCUT2D eigenvalue weighted by Gasteiger charge is -2.34. The number of likely N-dealkylation sites (N-methyl/N-ethyl adjacent to an activating group) is 1. The highest BCUT2D eigenvalue weighted by Crippen LogP contribution is 2.35. The van der Waals surface area contributed by atoms with Crippen LogP contribution >= 0.6 is 15.9 Å². The van der Waals surface area contributed by atoms with Crippen LogP contribution in [0, 0.1) is 22.5 Å². The van der Waals surface area contributed by atoms with E-state index in [4.69, 9.17) is 10.6 Å². The van der Waals surface area contributed by atoms with Crippen LogP contribution in [0.4, 0.5) is 11.4 Å². The molecule has 1 saturated heterocycles. The van der Waals surface area contributed by atoms with E-state index in [1.807, 2.05) is 6.92 Å². The predicted molar refractivity (Wildman–Crippen MR) is 129 cm³/mol. The summed E-state index contributed by atoms with van der Waals surface area (Å²) in [5.41, 5.74) is -0.309. The molecule has 0 saturated carbocycles. The quantitative estimate of drug-likeness (QED) is 0.127. The molecule has 184 valence electrons. The molecule has 0 atom stereocenters. The summed E-state index contributed by atoms with van der Waals surface area (Å²) in [6, 6.07) is 2.15. The SMILES string of the molecule is C#Cc1cc([N+](=O)[O-])cc(S(=O)(=O)N2CCN(CC)CC2)c1N(CCBr)CCOS(C)(=O)=O. The van der Waals surface area contributed by atoms with Crippen LogP contribution in [0.3, 0.4) is 0 Å². The van der Waals surface area contributed by atoms with E-state index >= 15 is 0 Å². The van der Waals surface area contributed by atoms with Crippen molar-refractivity contribution in [3.63, 3.8) is 0 Å². The number of nitrogens with zero attached hydrogens (tertiary/aromatic N) is 4. The minimum absolute atomic E-state index is 0.00269. The first-order valence-electron chi connectivity index (χ1n) is 10.1. The molecule has 33 heavy (non-hydrogen) atoms. The van der Waals surface area contributed by atoms with E-state index in [1.165, 1.54) is 4.31 Å². The lowest BCUT2D eigenvalue weighted by atomic mass is 10.1. The van der Waals surface area contributed by atoms with Crippen LogP contribution in [0.25, 0.3) is 0 Å². The Labute approximate surface area is 203 Å². The molecule has 0 bridgehead atoms. The zero-order valence-electron chi connectivity index (χ0n) is 18.4. The molecule has 2 rings (SSSR count). The Bertz CT molecular complexity index is 1110. The van der Waals surface area contributed by atoms with E-state index in [2.05, 4.69) is 26.8 Å². The van der Waals surface area contributed by atoms with E-state index in [0.29, 0.717) is 18.4 Å². The van der Waals surface area contributed by atoms with Crippen LogP contribution < -0.4 is 4.90 Å². The summed E-state index contributed by atoms with van der Waals surface area (Å²) in [7, 11) is -7.85. The number of rotatable bonds is 11. The minimum atomic E-state index is -4.14. The van der Waals surface area contributed by atoms with Gasteiger partial charge in [0.25, 0.3) is 15.8 Å². The van der Waals surface area contributed by atoms with Crippen LogP contribution in [0.1, 0.15) is 12.5 Å². The number of hydrogen-bond donors (Lipinski definition) is 0. The minimum Gasteiger partial charge on any atom is -0.366 e. The number of non-ortho nitro benzene ring substituents is 1. The molecule has 1 aromatic rings. The van der Waals surface area contributed by atoms with Gasteiger partial charge in [0, 0.05) is 56.7 Å². The number of terminal acetylenes is 1. The van der Waals surface area contributed by atoms with Crippen molar-refractivity contribution in [3.05, 3.63) is 27.8 Å². The van der Waals surface area contributed by atoms with Gasteiger partial charge in [-0.15, -0.1) is 6.42 Å². The molecule has 0 spiro atoms. The molecule has 11 nitrogen and oxygen atoms in total. The lowest BCUT2D eigenvalue weighted by molar-refractivity contribution is -0.385. The van der Waals surface area contributed by atoms with Crippen LogP contribution in [0.15, 0.2) is 17.0 Å². The Morgan fingerprint density at radius 3 is 2.33 bits per heavy atom. The van der Waals surface area contributed by atoms with Crippen molar-refractivity contribution < 1.29 is 25.9 Å². The maximum Gasteiger partial charge on any atom is 0.272 e. The topological polar surface area (TPSA) is 130 Å².